The van der Waals surface area contributed by atoms with Gasteiger partial charge >= 0.3 is 0 Å². The number of oxazole rings is 1. The van der Waals surface area contributed by atoms with Crippen LogP contribution in [0.3, 0.4) is 0 Å². The van der Waals surface area contributed by atoms with Gasteiger partial charge in [0, 0.05) is 24.4 Å². The highest BCUT2D eigenvalue weighted by atomic mass is 35.5. The molecule has 8 heteroatoms. The largest absolute Gasteiger partial charge is 0.450 e. The average Bonchev–Trinajstić information content (AvgIpc) is 3.17. The number of hydrogen-bond acceptors (Lipinski definition) is 5. The fourth-order valence-corrected chi connectivity index (χ4v) is 3.18. The number of nitrogens with zero attached hydrogens (tertiary/aromatic N) is 2. The summed E-state index contributed by atoms with van der Waals surface area (Å²) < 4.78 is 11.9. The van der Waals surface area contributed by atoms with Crippen molar-refractivity contribution >= 4 is 45.9 Å². The van der Waals surface area contributed by atoms with Crippen LogP contribution in [0.15, 0.2) is 59.3 Å². The fraction of sp³-hybridized carbons (Fsp3) is 0.0952. The summed E-state index contributed by atoms with van der Waals surface area (Å²) in [7, 11) is 0. The molecule has 0 aliphatic rings. The predicted molar refractivity (Wildman–Crippen MR) is 113 cm³/mol. The topological polar surface area (TPSA) is 77.3 Å². The molecular weight excluding hydrogens is 413 g/mol. The van der Waals surface area contributed by atoms with Gasteiger partial charge in [0.2, 0.25) is 11.8 Å². The first-order valence-corrected chi connectivity index (χ1v) is 9.58. The molecule has 0 spiro atoms. The van der Waals surface area contributed by atoms with Gasteiger partial charge in [0.1, 0.15) is 0 Å². The molecule has 1 N–H and O–H groups in total. The molecular formula is C21H15Cl2N3O3. The van der Waals surface area contributed by atoms with Crippen LogP contribution in [0.4, 0.5) is 5.69 Å². The minimum absolute atomic E-state index is 0.169. The van der Waals surface area contributed by atoms with E-state index < -0.39 is 0 Å². The van der Waals surface area contributed by atoms with Crippen molar-refractivity contribution in [1.29, 1.82) is 0 Å². The van der Waals surface area contributed by atoms with Crippen LogP contribution in [-0.4, -0.2) is 15.9 Å². The van der Waals surface area contributed by atoms with Crippen molar-refractivity contribution in [3.05, 3.63) is 64.9 Å². The lowest BCUT2D eigenvalue weighted by Crippen LogP contribution is -2.10. The van der Waals surface area contributed by atoms with Crippen LogP contribution in [0, 0.1) is 0 Å². The van der Waals surface area contributed by atoms with E-state index >= 15 is 0 Å². The Labute approximate surface area is 176 Å². The van der Waals surface area contributed by atoms with Crippen LogP contribution in [0.2, 0.25) is 10.0 Å². The fourth-order valence-electron chi connectivity index (χ4n) is 2.71. The zero-order chi connectivity index (χ0) is 20.4. The number of amides is 1. The molecule has 4 rings (SSSR count). The second kappa shape index (κ2) is 8.11. The van der Waals surface area contributed by atoms with Gasteiger partial charge in [-0.2, -0.15) is 0 Å². The summed E-state index contributed by atoms with van der Waals surface area (Å²) in [5.41, 5.74) is 2.12. The molecule has 6 nitrogen and oxygen atoms in total. The first-order valence-electron chi connectivity index (χ1n) is 8.82. The van der Waals surface area contributed by atoms with Gasteiger partial charge in [0.15, 0.2) is 22.6 Å². The average molecular weight is 428 g/mol. The Bertz CT molecular complexity index is 1170. The van der Waals surface area contributed by atoms with E-state index in [2.05, 4.69) is 15.3 Å². The van der Waals surface area contributed by atoms with Gasteiger partial charge in [0.25, 0.3) is 0 Å². The second-order valence-corrected chi connectivity index (χ2v) is 6.91. The molecule has 0 radical (unpaired) electrons. The van der Waals surface area contributed by atoms with Crippen LogP contribution < -0.4 is 10.1 Å². The van der Waals surface area contributed by atoms with Crippen molar-refractivity contribution in [2.45, 2.75) is 13.3 Å². The summed E-state index contributed by atoms with van der Waals surface area (Å²) in [5, 5.41) is 3.49. The lowest BCUT2D eigenvalue weighted by Gasteiger charge is -2.14. The minimum atomic E-state index is -0.169. The molecule has 0 fully saturated rings. The summed E-state index contributed by atoms with van der Waals surface area (Å²) in [4.78, 5) is 20.6. The number of fused-ring (bicyclic) bond motifs is 1. The second-order valence-electron chi connectivity index (χ2n) is 6.10. The minimum Gasteiger partial charge on any atom is -0.450 e. The van der Waals surface area contributed by atoms with Crippen LogP contribution in [0.1, 0.15) is 13.3 Å². The van der Waals surface area contributed by atoms with Crippen molar-refractivity contribution in [3.63, 3.8) is 0 Å². The molecule has 0 aliphatic heterocycles. The van der Waals surface area contributed by atoms with E-state index in [0.717, 1.165) is 5.56 Å². The van der Waals surface area contributed by atoms with Crippen LogP contribution in [0.5, 0.6) is 11.5 Å². The molecule has 2 heterocycles. The van der Waals surface area contributed by atoms with E-state index in [0.29, 0.717) is 44.9 Å². The summed E-state index contributed by atoms with van der Waals surface area (Å²) in [6.07, 6.45) is 3.61. The molecule has 0 aliphatic carbocycles. The number of hydrogen-bond donors (Lipinski definition) is 1. The summed E-state index contributed by atoms with van der Waals surface area (Å²) >= 11 is 12.5. The van der Waals surface area contributed by atoms with Gasteiger partial charge in [-0.25, -0.2) is 4.98 Å². The number of pyridine rings is 1. The molecule has 0 bridgehead atoms. The van der Waals surface area contributed by atoms with E-state index in [1.807, 2.05) is 0 Å². The van der Waals surface area contributed by atoms with E-state index in [9.17, 15) is 4.79 Å². The number of aromatic nitrogens is 2. The summed E-state index contributed by atoms with van der Waals surface area (Å²) in [6, 6.07) is 12.0. The molecule has 0 saturated carbocycles. The number of rotatable bonds is 5. The number of ether oxygens (including phenoxy) is 1. The smallest absolute Gasteiger partial charge is 0.227 e. The maximum absolute atomic E-state index is 12.0. The Balaban J connectivity index is 1.88. The van der Waals surface area contributed by atoms with Crippen molar-refractivity contribution in [3.8, 4) is 23.0 Å². The van der Waals surface area contributed by atoms with Crippen molar-refractivity contribution in [2.24, 2.45) is 0 Å². The summed E-state index contributed by atoms with van der Waals surface area (Å²) in [6.45, 7) is 1.76. The third-order valence-electron chi connectivity index (χ3n) is 4.16. The highest BCUT2D eigenvalue weighted by molar-refractivity contribution is 6.37. The Morgan fingerprint density at radius 3 is 2.48 bits per heavy atom. The molecule has 0 unspecified atom stereocenters. The third kappa shape index (κ3) is 3.90. The molecule has 2 aromatic carbocycles. The van der Waals surface area contributed by atoms with Crippen molar-refractivity contribution in [1.82, 2.24) is 9.97 Å². The quantitative estimate of drug-likeness (QED) is 0.402. The maximum Gasteiger partial charge on any atom is 0.227 e. The van der Waals surface area contributed by atoms with Gasteiger partial charge in [-0.15, -0.1) is 0 Å². The van der Waals surface area contributed by atoms with Gasteiger partial charge in [-0.05, 0) is 36.4 Å². The number of anilines is 1. The number of benzene rings is 2. The highest BCUT2D eigenvalue weighted by Crippen LogP contribution is 2.43. The van der Waals surface area contributed by atoms with E-state index in [1.54, 1.807) is 61.8 Å². The Kier molecular flexibility index (Phi) is 5.38. The Hall–Kier alpha value is -3.09. The zero-order valence-corrected chi connectivity index (χ0v) is 16.8. The number of carbonyl (C=O) groups is 1. The van der Waals surface area contributed by atoms with E-state index in [-0.39, 0.29) is 11.7 Å². The van der Waals surface area contributed by atoms with Gasteiger partial charge in [-0.1, -0.05) is 36.2 Å². The first-order chi connectivity index (χ1) is 14.1. The summed E-state index contributed by atoms with van der Waals surface area (Å²) in [5.74, 6) is 0.793. The molecule has 29 heavy (non-hydrogen) atoms. The molecule has 146 valence electrons. The molecule has 2 aromatic heterocycles. The normalized spacial score (nSPS) is 10.9. The lowest BCUT2D eigenvalue weighted by atomic mass is 10.2. The molecule has 0 atom stereocenters. The van der Waals surface area contributed by atoms with E-state index in [4.69, 9.17) is 32.4 Å². The van der Waals surface area contributed by atoms with Gasteiger partial charge in [0.05, 0.1) is 15.7 Å². The number of halogens is 2. The number of nitrogens with one attached hydrogen (secondary N) is 1. The zero-order valence-electron chi connectivity index (χ0n) is 15.3. The lowest BCUT2D eigenvalue weighted by molar-refractivity contribution is -0.115. The molecule has 1 amide bonds. The van der Waals surface area contributed by atoms with E-state index in [1.165, 1.54) is 0 Å². The van der Waals surface area contributed by atoms with Crippen LogP contribution >= 0.6 is 23.2 Å². The first kappa shape index (κ1) is 19.2. The van der Waals surface area contributed by atoms with Crippen molar-refractivity contribution in [2.75, 3.05) is 5.32 Å². The predicted octanol–water partition coefficient (Wildman–Crippen LogP) is 6.34. The SMILES string of the molecule is CCC(=O)Nc1ccc2oc(-c3ccncc3)nc2c1Oc1c(Cl)cccc1Cl. The van der Waals surface area contributed by atoms with Crippen LogP contribution in [0.25, 0.3) is 22.6 Å². The monoisotopic (exact) mass is 427 g/mol. The standard InChI is InChI=1S/C21H15Cl2N3O3/c1-2-17(27)25-15-6-7-16-18(26-21(28-16)12-8-10-24-11-9-12)20(15)29-19-13(22)4-3-5-14(19)23/h3-11H,2H2,1H3,(H,25,27). The van der Waals surface area contributed by atoms with Crippen molar-refractivity contribution < 1.29 is 13.9 Å². The molecule has 0 saturated heterocycles. The Morgan fingerprint density at radius 2 is 1.79 bits per heavy atom. The van der Waals surface area contributed by atoms with Gasteiger partial charge in [-0.3, -0.25) is 9.78 Å². The van der Waals surface area contributed by atoms with Crippen LogP contribution in [-0.2, 0) is 4.79 Å². The number of carbonyl (C=O) groups excluding carboxylic acids is 1. The maximum atomic E-state index is 12.0. The Morgan fingerprint density at radius 1 is 1.07 bits per heavy atom. The molecule has 4 aromatic rings. The third-order valence-corrected chi connectivity index (χ3v) is 4.76. The van der Waals surface area contributed by atoms with Gasteiger partial charge < -0.3 is 14.5 Å². The number of para-hydroxylation sites is 1. The highest BCUT2D eigenvalue weighted by Gasteiger charge is 2.20.